The second kappa shape index (κ2) is 6.86. The van der Waals surface area contributed by atoms with E-state index in [0.29, 0.717) is 24.0 Å². The fourth-order valence-electron chi connectivity index (χ4n) is 2.23. The molecule has 1 saturated carbocycles. The normalized spacial score (nSPS) is 15.2. The monoisotopic (exact) mass is 334 g/mol. The number of rotatable bonds is 7. The molecule has 9 heteroatoms. The van der Waals surface area contributed by atoms with Crippen molar-refractivity contribution in [2.24, 2.45) is 0 Å². The van der Waals surface area contributed by atoms with Gasteiger partial charge in [-0.2, -0.15) is 11.3 Å². The van der Waals surface area contributed by atoms with Crippen LogP contribution in [0.2, 0.25) is 0 Å². The highest BCUT2D eigenvalue weighted by Crippen LogP contribution is 2.35. The third-order valence-corrected chi connectivity index (χ3v) is 4.28. The third-order valence-electron chi connectivity index (χ3n) is 3.60. The summed E-state index contributed by atoms with van der Waals surface area (Å²) in [6.07, 6.45) is 2.37. The zero-order valence-corrected chi connectivity index (χ0v) is 13.5. The topological polar surface area (TPSA) is 102 Å². The summed E-state index contributed by atoms with van der Waals surface area (Å²) in [6, 6.07) is 1.86. The van der Waals surface area contributed by atoms with E-state index in [1.54, 1.807) is 16.1 Å². The number of aromatic nitrogens is 4. The fourth-order valence-corrected chi connectivity index (χ4v) is 2.86. The molecule has 1 aliphatic rings. The summed E-state index contributed by atoms with van der Waals surface area (Å²) < 4.78 is 1.78. The number of nitrogens with zero attached hydrogens (tertiary/aromatic N) is 4. The van der Waals surface area contributed by atoms with Crippen LogP contribution in [0, 0.1) is 0 Å². The van der Waals surface area contributed by atoms with Crippen LogP contribution in [0.4, 0.5) is 0 Å². The Bertz CT molecular complexity index is 679. The van der Waals surface area contributed by atoms with Crippen LogP contribution in [0.1, 0.15) is 54.5 Å². The van der Waals surface area contributed by atoms with Crippen molar-refractivity contribution in [3.63, 3.8) is 0 Å². The molecular formula is C14H18N6O2S. The van der Waals surface area contributed by atoms with Crippen LogP contribution in [-0.4, -0.2) is 38.6 Å². The summed E-state index contributed by atoms with van der Waals surface area (Å²) in [6.45, 7) is 2.15. The van der Waals surface area contributed by atoms with Crippen molar-refractivity contribution in [2.75, 3.05) is 6.54 Å². The molecule has 0 aliphatic heterocycles. The van der Waals surface area contributed by atoms with Crippen molar-refractivity contribution in [3.05, 3.63) is 28.2 Å². The lowest BCUT2D eigenvalue weighted by atomic mass is 10.2. The molecule has 0 spiro atoms. The Hall–Kier alpha value is -2.29. The van der Waals surface area contributed by atoms with Gasteiger partial charge in [0.25, 0.3) is 5.91 Å². The van der Waals surface area contributed by atoms with Gasteiger partial charge in [0, 0.05) is 23.9 Å². The molecule has 1 aliphatic carbocycles. The zero-order chi connectivity index (χ0) is 16.2. The highest BCUT2D eigenvalue weighted by Gasteiger charge is 2.29. The quantitative estimate of drug-likeness (QED) is 0.788. The van der Waals surface area contributed by atoms with E-state index in [1.165, 1.54) is 11.3 Å². The molecule has 122 valence electrons. The van der Waals surface area contributed by atoms with E-state index in [9.17, 15) is 9.59 Å². The summed E-state index contributed by atoms with van der Waals surface area (Å²) in [4.78, 5) is 23.7. The Labute approximate surface area is 137 Å². The molecule has 1 atom stereocenters. The van der Waals surface area contributed by atoms with E-state index in [4.69, 9.17) is 0 Å². The van der Waals surface area contributed by atoms with Gasteiger partial charge >= 0.3 is 0 Å². The van der Waals surface area contributed by atoms with Gasteiger partial charge in [-0.15, -0.1) is 5.10 Å². The van der Waals surface area contributed by atoms with Crippen LogP contribution >= 0.6 is 11.3 Å². The van der Waals surface area contributed by atoms with E-state index in [1.807, 2.05) is 12.3 Å². The number of nitrogens with one attached hydrogen (secondary N) is 2. The molecule has 2 N–H and O–H groups in total. The van der Waals surface area contributed by atoms with Crippen molar-refractivity contribution in [1.82, 2.24) is 30.8 Å². The van der Waals surface area contributed by atoms with Crippen molar-refractivity contribution in [3.8, 4) is 0 Å². The maximum Gasteiger partial charge on any atom is 0.252 e. The van der Waals surface area contributed by atoms with E-state index < -0.39 is 0 Å². The van der Waals surface area contributed by atoms with Gasteiger partial charge < -0.3 is 10.6 Å². The minimum absolute atomic E-state index is 0.145. The first-order valence-corrected chi connectivity index (χ1v) is 8.47. The van der Waals surface area contributed by atoms with Crippen LogP contribution < -0.4 is 10.6 Å². The van der Waals surface area contributed by atoms with E-state index in [2.05, 4.69) is 26.2 Å². The molecule has 0 radical (unpaired) electrons. The summed E-state index contributed by atoms with van der Waals surface area (Å²) >= 11 is 1.46. The van der Waals surface area contributed by atoms with Gasteiger partial charge in [-0.3, -0.25) is 9.59 Å². The van der Waals surface area contributed by atoms with Gasteiger partial charge in [-0.25, -0.2) is 4.68 Å². The molecule has 0 unspecified atom stereocenters. The van der Waals surface area contributed by atoms with Gasteiger partial charge in [0.1, 0.15) is 0 Å². The van der Waals surface area contributed by atoms with E-state index >= 15 is 0 Å². The first-order valence-electron chi connectivity index (χ1n) is 7.52. The first kappa shape index (κ1) is 15.6. The Morgan fingerprint density at radius 1 is 1.48 bits per heavy atom. The highest BCUT2D eigenvalue weighted by atomic mass is 32.1. The van der Waals surface area contributed by atoms with Crippen LogP contribution in [-0.2, 0) is 4.79 Å². The smallest absolute Gasteiger partial charge is 0.252 e. The average molecular weight is 334 g/mol. The van der Waals surface area contributed by atoms with Crippen LogP contribution in [0.3, 0.4) is 0 Å². The van der Waals surface area contributed by atoms with E-state index in [-0.39, 0.29) is 24.3 Å². The summed E-state index contributed by atoms with van der Waals surface area (Å²) in [5, 5.41) is 20.8. The fraction of sp³-hybridized carbons (Fsp3) is 0.500. The number of hydrogen-bond acceptors (Lipinski definition) is 6. The van der Waals surface area contributed by atoms with Gasteiger partial charge in [-0.05, 0) is 41.6 Å². The third kappa shape index (κ3) is 3.92. The molecule has 8 nitrogen and oxygen atoms in total. The van der Waals surface area contributed by atoms with Crippen LogP contribution in [0.15, 0.2) is 16.8 Å². The first-order chi connectivity index (χ1) is 11.1. The lowest BCUT2D eigenvalue weighted by molar-refractivity contribution is -0.121. The number of carbonyl (C=O) groups is 2. The minimum Gasteiger partial charge on any atom is -0.351 e. The van der Waals surface area contributed by atoms with Gasteiger partial charge in [0.15, 0.2) is 5.82 Å². The molecule has 2 heterocycles. The molecular weight excluding hydrogens is 316 g/mol. The minimum atomic E-state index is -0.259. The second-order valence-corrected chi connectivity index (χ2v) is 6.30. The predicted octanol–water partition coefficient (Wildman–Crippen LogP) is 1.07. The molecule has 0 saturated heterocycles. The molecule has 2 amide bonds. The Balaban J connectivity index is 1.43. The lowest BCUT2D eigenvalue weighted by Gasteiger charge is -2.13. The van der Waals surface area contributed by atoms with Gasteiger partial charge in [0.2, 0.25) is 5.91 Å². The van der Waals surface area contributed by atoms with E-state index in [0.717, 1.165) is 12.8 Å². The maximum atomic E-state index is 12.0. The second-order valence-electron chi connectivity index (χ2n) is 5.52. The largest absolute Gasteiger partial charge is 0.351 e. The van der Waals surface area contributed by atoms with Gasteiger partial charge in [-0.1, -0.05) is 0 Å². The predicted molar refractivity (Wildman–Crippen MR) is 83.9 cm³/mol. The summed E-state index contributed by atoms with van der Waals surface area (Å²) in [5.74, 6) is 0.362. The highest BCUT2D eigenvalue weighted by molar-refractivity contribution is 7.08. The molecule has 23 heavy (non-hydrogen) atoms. The summed E-state index contributed by atoms with van der Waals surface area (Å²) in [7, 11) is 0. The van der Waals surface area contributed by atoms with Crippen LogP contribution in [0.25, 0.3) is 0 Å². The van der Waals surface area contributed by atoms with Crippen molar-refractivity contribution >= 4 is 23.2 Å². The Kier molecular flexibility index (Phi) is 4.65. The van der Waals surface area contributed by atoms with Crippen molar-refractivity contribution in [2.45, 2.75) is 38.3 Å². The molecule has 0 bridgehead atoms. The van der Waals surface area contributed by atoms with Gasteiger partial charge in [0.05, 0.1) is 12.1 Å². The molecule has 3 rings (SSSR count). The number of tetrazole rings is 1. The summed E-state index contributed by atoms with van der Waals surface area (Å²) in [5.41, 5.74) is 0.618. The lowest BCUT2D eigenvalue weighted by Crippen LogP contribution is -2.33. The van der Waals surface area contributed by atoms with Crippen molar-refractivity contribution in [1.29, 1.82) is 0 Å². The molecule has 2 aromatic rings. The molecule has 0 aromatic carbocycles. The average Bonchev–Trinajstić information content (AvgIpc) is 3.05. The number of carbonyl (C=O) groups excluding carboxylic acids is 2. The Morgan fingerprint density at radius 2 is 2.30 bits per heavy atom. The molecule has 1 fully saturated rings. The SMILES string of the molecule is C[C@H](NC(=O)CCNC(=O)c1ccsc1)c1nnnn1C1CC1. The zero-order valence-electron chi connectivity index (χ0n) is 12.7. The number of amides is 2. The van der Waals surface area contributed by atoms with Crippen LogP contribution in [0.5, 0.6) is 0 Å². The number of hydrogen-bond donors (Lipinski definition) is 2. The molecule has 2 aromatic heterocycles. The standard InChI is InChI=1S/C14H18N6O2S/c1-9(13-17-18-19-20(13)11-2-3-11)16-12(21)4-6-15-14(22)10-5-7-23-8-10/h5,7-9,11H,2-4,6H2,1H3,(H,15,22)(H,16,21)/t9-/m0/s1. The maximum absolute atomic E-state index is 12.0. The van der Waals surface area contributed by atoms with Crippen molar-refractivity contribution < 1.29 is 9.59 Å². The number of thiophene rings is 1. The Morgan fingerprint density at radius 3 is 3.00 bits per heavy atom.